The summed E-state index contributed by atoms with van der Waals surface area (Å²) < 4.78 is 6.93. The molecule has 2 aromatic heterocycles. The maximum Gasteiger partial charge on any atom is 0.269 e. The lowest BCUT2D eigenvalue weighted by Crippen LogP contribution is -2.12. The van der Waals surface area contributed by atoms with Crippen LogP contribution in [0.4, 0.5) is 0 Å². The normalized spacial score (nSPS) is 10.7. The molecule has 0 radical (unpaired) electrons. The number of aromatic nitrogens is 2. The van der Waals surface area contributed by atoms with Crippen molar-refractivity contribution in [3.05, 3.63) is 59.4 Å². The fourth-order valence-corrected chi connectivity index (χ4v) is 2.09. The van der Waals surface area contributed by atoms with E-state index in [0.29, 0.717) is 16.5 Å². The molecule has 0 spiro atoms. The van der Waals surface area contributed by atoms with E-state index < -0.39 is 5.91 Å². The van der Waals surface area contributed by atoms with Crippen LogP contribution in [-0.4, -0.2) is 15.7 Å². The third-order valence-electron chi connectivity index (χ3n) is 2.79. The Morgan fingerprint density at radius 2 is 2.10 bits per heavy atom. The highest BCUT2D eigenvalue weighted by Crippen LogP contribution is 2.25. The van der Waals surface area contributed by atoms with Crippen molar-refractivity contribution in [1.29, 1.82) is 0 Å². The number of primary amides is 1. The van der Waals surface area contributed by atoms with E-state index in [-0.39, 0.29) is 5.69 Å². The van der Waals surface area contributed by atoms with Gasteiger partial charge in [0.25, 0.3) is 5.91 Å². The molecule has 0 fully saturated rings. The van der Waals surface area contributed by atoms with Crippen molar-refractivity contribution < 1.29 is 9.21 Å². The number of halogens is 1. The zero-order chi connectivity index (χ0) is 14.1. The number of nitrogens with zero attached hydrogens (tertiary/aromatic N) is 2. The van der Waals surface area contributed by atoms with Gasteiger partial charge in [0.1, 0.15) is 5.69 Å². The lowest BCUT2D eigenvalue weighted by molar-refractivity contribution is 0.0995. The van der Waals surface area contributed by atoms with Crippen molar-refractivity contribution in [2.45, 2.75) is 0 Å². The van der Waals surface area contributed by atoms with Crippen LogP contribution in [0.1, 0.15) is 10.5 Å². The van der Waals surface area contributed by atoms with E-state index in [4.69, 9.17) is 21.8 Å². The number of nitrogens with two attached hydrogens (primary N) is 1. The zero-order valence-electron chi connectivity index (χ0n) is 10.3. The molecule has 2 heterocycles. The average Bonchev–Trinajstić information content (AvgIpc) is 3.07. The molecule has 0 aliphatic carbocycles. The molecule has 0 aliphatic rings. The zero-order valence-corrected chi connectivity index (χ0v) is 11.0. The molecule has 3 rings (SSSR count). The number of benzene rings is 1. The summed E-state index contributed by atoms with van der Waals surface area (Å²) in [7, 11) is 0. The van der Waals surface area contributed by atoms with E-state index in [2.05, 4.69) is 5.10 Å². The molecule has 1 aromatic carbocycles. The number of amides is 1. The van der Waals surface area contributed by atoms with Crippen LogP contribution in [0.15, 0.2) is 53.1 Å². The fraction of sp³-hybridized carbons (Fsp3) is 0. The number of furan rings is 1. The minimum absolute atomic E-state index is 0.163. The molecule has 0 atom stereocenters. The van der Waals surface area contributed by atoms with Crippen molar-refractivity contribution in [1.82, 2.24) is 9.78 Å². The molecule has 0 unspecified atom stereocenters. The summed E-state index contributed by atoms with van der Waals surface area (Å²) in [6.45, 7) is 0. The van der Waals surface area contributed by atoms with Gasteiger partial charge in [0.2, 0.25) is 0 Å². The molecule has 0 aliphatic heterocycles. The SMILES string of the molecule is NC(=O)c1cc(-c2ccco2)n(-c2cccc(Cl)c2)n1. The third-order valence-corrected chi connectivity index (χ3v) is 3.02. The van der Waals surface area contributed by atoms with E-state index in [1.807, 2.05) is 6.07 Å². The monoisotopic (exact) mass is 287 g/mol. The van der Waals surface area contributed by atoms with Crippen molar-refractivity contribution >= 4 is 17.5 Å². The number of carbonyl (C=O) groups is 1. The molecule has 6 heteroatoms. The van der Waals surface area contributed by atoms with Crippen molar-refractivity contribution in [2.24, 2.45) is 5.73 Å². The molecule has 100 valence electrons. The molecule has 0 saturated heterocycles. The van der Waals surface area contributed by atoms with E-state index in [1.54, 1.807) is 47.3 Å². The predicted molar refractivity (Wildman–Crippen MR) is 74.8 cm³/mol. The van der Waals surface area contributed by atoms with E-state index in [9.17, 15) is 4.79 Å². The minimum atomic E-state index is -0.599. The summed E-state index contributed by atoms with van der Waals surface area (Å²) in [5.41, 5.74) is 6.80. The van der Waals surface area contributed by atoms with Gasteiger partial charge in [0.05, 0.1) is 12.0 Å². The predicted octanol–water partition coefficient (Wildman–Crippen LogP) is 2.88. The van der Waals surface area contributed by atoms with Gasteiger partial charge >= 0.3 is 0 Å². The Labute approximate surface area is 119 Å². The maximum absolute atomic E-state index is 11.3. The van der Waals surface area contributed by atoms with Gasteiger partial charge < -0.3 is 10.2 Å². The highest BCUT2D eigenvalue weighted by molar-refractivity contribution is 6.30. The summed E-state index contributed by atoms with van der Waals surface area (Å²) in [6, 6.07) is 12.3. The topological polar surface area (TPSA) is 74.1 Å². The molecule has 1 amide bonds. The minimum Gasteiger partial charge on any atom is -0.463 e. The van der Waals surface area contributed by atoms with Crippen LogP contribution in [0, 0.1) is 0 Å². The second kappa shape index (κ2) is 4.86. The third kappa shape index (κ3) is 2.19. The average molecular weight is 288 g/mol. The molecule has 0 bridgehead atoms. The lowest BCUT2D eigenvalue weighted by atomic mass is 10.2. The number of carbonyl (C=O) groups excluding carboxylic acids is 1. The smallest absolute Gasteiger partial charge is 0.269 e. The highest BCUT2D eigenvalue weighted by Gasteiger charge is 2.16. The molecule has 0 saturated carbocycles. The van der Waals surface area contributed by atoms with Gasteiger partial charge in [0.15, 0.2) is 11.5 Å². The second-order valence-corrected chi connectivity index (χ2v) is 4.58. The van der Waals surface area contributed by atoms with Crippen molar-refractivity contribution in [2.75, 3.05) is 0 Å². The Balaban J connectivity index is 2.21. The van der Waals surface area contributed by atoms with Gasteiger partial charge in [-0.1, -0.05) is 17.7 Å². The van der Waals surface area contributed by atoms with Crippen LogP contribution in [0.2, 0.25) is 5.02 Å². The molecular weight excluding hydrogens is 278 g/mol. The Kier molecular flexibility index (Phi) is 3.04. The van der Waals surface area contributed by atoms with Gasteiger partial charge in [-0.25, -0.2) is 4.68 Å². The Morgan fingerprint density at radius 1 is 1.25 bits per heavy atom. The molecule has 20 heavy (non-hydrogen) atoms. The summed E-state index contributed by atoms with van der Waals surface area (Å²) in [4.78, 5) is 11.3. The Morgan fingerprint density at radius 3 is 2.75 bits per heavy atom. The Bertz CT molecular complexity index is 763. The first-order valence-electron chi connectivity index (χ1n) is 5.85. The molecule has 3 aromatic rings. The maximum atomic E-state index is 11.3. The van der Waals surface area contributed by atoms with E-state index in [0.717, 1.165) is 5.69 Å². The van der Waals surface area contributed by atoms with Crippen molar-refractivity contribution in [3.63, 3.8) is 0 Å². The highest BCUT2D eigenvalue weighted by atomic mass is 35.5. The van der Waals surface area contributed by atoms with E-state index in [1.165, 1.54) is 0 Å². The number of hydrogen-bond donors (Lipinski definition) is 1. The van der Waals surface area contributed by atoms with Crippen LogP contribution >= 0.6 is 11.6 Å². The first kappa shape index (κ1) is 12.5. The Hall–Kier alpha value is -2.53. The lowest BCUT2D eigenvalue weighted by Gasteiger charge is -2.05. The van der Waals surface area contributed by atoms with Gasteiger partial charge in [-0.15, -0.1) is 0 Å². The fourth-order valence-electron chi connectivity index (χ4n) is 1.91. The molecule has 2 N–H and O–H groups in total. The van der Waals surface area contributed by atoms with Gasteiger partial charge in [-0.05, 0) is 30.3 Å². The summed E-state index contributed by atoms with van der Waals surface area (Å²) in [5.74, 6) is -0.0106. The first-order chi connectivity index (χ1) is 9.65. The largest absolute Gasteiger partial charge is 0.463 e. The quantitative estimate of drug-likeness (QED) is 0.805. The summed E-state index contributed by atoms with van der Waals surface area (Å²) >= 11 is 5.99. The van der Waals surface area contributed by atoms with Crippen molar-refractivity contribution in [3.8, 4) is 17.1 Å². The van der Waals surface area contributed by atoms with Crippen LogP contribution in [0.5, 0.6) is 0 Å². The van der Waals surface area contributed by atoms with Gasteiger partial charge in [-0.3, -0.25) is 4.79 Å². The summed E-state index contributed by atoms with van der Waals surface area (Å²) in [6.07, 6.45) is 1.55. The van der Waals surface area contributed by atoms with Crippen LogP contribution in [0.3, 0.4) is 0 Å². The number of rotatable bonds is 3. The standard InChI is InChI=1S/C14H10ClN3O2/c15-9-3-1-4-10(7-9)18-12(13-5-2-6-20-13)8-11(17-18)14(16)19/h1-8H,(H2,16,19). The summed E-state index contributed by atoms with van der Waals surface area (Å²) in [5, 5.41) is 4.77. The molecule has 5 nitrogen and oxygen atoms in total. The van der Waals surface area contributed by atoms with Gasteiger partial charge in [-0.2, -0.15) is 5.10 Å². The second-order valence-electron chi connectivity index (χ2n) is 4.15. The van der Waals surface area contributed by atoms with Crippen LogP contribution in [-0.2, 0) is 0 Å². The molecular formula is C14H10ClN3O2. The number of hydrogen-bond acceptors (Lipinski definition) is 3. The van der Waals surface area contributed by atoms with E-state index >= 15 is 0 Å². The van der Waals surface area contributed by atoms with Crippen LogP contribution in [0.25, 0.3) is 17.1 Å². The van der Waals surface area contributed by atoms with Crippen LogP contribution < -0.4 is 5.73 Å². The van der Waals surface area contributed by atoms with Gasteiger partial charge in [0, 0.05) is 11.1 Å². The first-order valence-corrected chi connectivity index (χ1v) is 6.22.